The van der Waals surface area contributed by atoms with E-state index in [1.54, 1.807) is 24.3 Å². The lowest BCUT2D eigenvalue weighted by Gasteiger charge is -2.23. The third-order valence-electron chi connectivity index (χ3n) is 4.04. The zero-order valence-electron chi connectivity index (χ0n) is 12.0. The van der Waals surface area contributed by atoms with Crippen molar-refractivity contribution in [2.24, 2.45) is 11.3 Å². The Balaban J connectivity index is 1.98. The number of carbonyl (C=O) groups excluding carboxylic acids is 3. The van der Waals surface area contributed by atoms with Crippen LogP contribution in [0.1, 0.15) is 26.7 Å². The summed E-state index contributed by atoms with van der Waals surface area (Å²) in [5, 5.41) is 0. The van der Waals surface area contributed by atoms with Crippen LogP contribution in [0.25, 0.3) is 0 Å². The van der Waals surface area contributed by atoms with Gasteiger partial charge in [-0.05, 0) is 24.0 Å². The van der Waals surface area contributed by atoms with E-state index in [0.717, 1.165) is 4.90 Å². The van der Waals surface area contributed by atoms with Gasteiger partial charge in [0.25, 0.3) is 5.91 Å². The van der Waals surface area contributed by atoms with E-state index in [4.69, 9.17) is 4.74 Å². The highest BCUT2D eigenvalue weighted by atomic mass is 16.6. The fourth-order valence-corrected chi connectivity index (χ4v) is 3.10. The molecule has 2 atom stereocenters. The number of imide groups is 1. The molecule has 3 rings (SSSR count). The molecule has 1 aromatic carbocycles. The number of fused-ring (bicyclic) bond motifs is 1. The van der Waals surface area contributed by atoms with E-state index in [9.17, 15) is 14.4 Å². The van der Waals surface area contributed by atoms with Crippen LogP contribution in [0.2, 0.25) is 0 Å². The monoisotopic (exact) mass is 287 g/mol. The maximum atomic E-state index is 12.6. The highest BCUT2D eigenvalue weighted by Crippen LogP contribution is 2.40. The maximum Gasteiger partial charge on any atom is 0.307 e. The van der Waals surface area contributed by atoms with Crippen LogP contribution in [0, 0.1) is 11.3 Å². The van der Waals surface area contributed by atoms with Crippen molar-refractivity contribution in [2.45, 2.75) is 32.8 Å². The summed E-state index contributed by atoms with van der Waals surface area (Å²) in [6, 6.07) is 8.75. The number of ether oxygens (including phenoxy) is 1. The molecular weight excluding hydrogens is 270 g/mol. The van der Waals surface area contributed by atoms with Crippen LogP contribution in [0.3, 0.4) is 0 Å². The molecule has 0 bridgehead atoms. The summed E-state index contributed by atoms with van der Waals surface area (Å²) in [7, 11) is 0. The molecule has 5 heteroatoms. The number of amides is 2. The van der Waals surface area contributed by atoms with Gasteiger partial charge in [-0.25, -0.2) is 4.90 Å². The lowest BCUT2D eigenvalue weighted by atomic mass is 9.80. The minimum atomic E-state index is -0.980. The molecule has 2 aliphatic heterocycles. The average Bonchev–Trinajstić information content (AvgIpc) is 2.56. The molecule has 0 N–H and O–H groups in total. The van der Waals surface area contributed by atoms with E-state index in [0.29, 0.717) is 12.1 Å². The number of esters is 1. The Morgan fingerprint density at radius 3 is 2.43 bits per heavy atom. The number of carbonyl (C=O) groups is 3. The topological polar surface area (TPSA) is 63.7 Å². The Hall–Kier alpha value is -2.17. The molecule has 0 radical (unpaired) electrons. The molecule has 0 aromatic heterocycles. The van der Waals surface area contributed by atoms with Crippen LogP contribution >= 0.6 is 0 Å². The number of anilines is 1. The summed E-state index contributed by atoms with van der Waals surface area (Å²) in [6.07, 6.45) is -0.282. The Kier molecular flexibility index (Phi) is 3.08. The van der Waals surface area contributed by atoms with Crippen LogP contribution in [-0.2, 0) is 19.1 Å². The molecule has 5 nitrogen and oxygen atoms in total. The van der Waals surface area contributed by atoms with Crippen LogP contribution in [-0.4, -0.2) is 23.9 Å². The Morgan fingerprint density at radius 2 is 1.76 bits per heavy atom. The third-order valence-corrected chi connectivity index (χ3v) is 4.04. The highest BCUT2D eigenvalue weighted by molar-refractivity contribution is 6.23. The summed E-state index contributed by atoms with van der Waals surface area (Å²) in [6.45, 7) is 3.83. The van der Waals surface area contributed by atoms with Gasteiger partial charge in [0.2, 0.25) is 5.91 Å². The first-order valence-electron chi connectivity index (χ1n) is 7.01. The molecule has 0 saturated carbocycles. The summed E-state index contributed by atoms with van der Waals surface area (Å²) in [5.41, 5.74) is 0.175. The van der Waals surface area contributed by atoms with Gasteiger partial charge in [0.05, 0.1) is 18.0 Å². The van der Waals surface area contributed by atoms with Gasteiger partial charge in [0, 0.05) is 0 Å². The largest absolute Gasteiger partial charge is 0.451 e. The fourth-order valence-electron chi connectivity index (χ4n) is 3.10. The van der Waals surface area contributed by atoms with Gasteiger partial charge in [-0.2, -0.15) is 0 Å². The first kappa shape index (κ1) is 13.8. The Morgan fingerprint density at radius 1 is 1.10 bits per heavy atom. The van der Waals surface area contributed by atoms with E-state index < -0.39 is 23.9 Å². The molecule has 0 spiro atoms. The highest BCUT2D eigenvalue weighted by Gasteiger charge is 2.54. The van der Waals surface area contributed by atoms with Crippen LogP contribution in [0.5, 0.6) is 0 Å². The maximum absolute atomic E-state index is 12.6. The zero-order chi connectivity index (χ0) is 15.2. The zero-order valence-corrected chi connectivity index (χ0v) is 12.0. The lowest BCUT2D eigenvalue weighted by molar-refractivity contribution is -0.154. The van der Waals surface area contributed by atoms with Crippen molar-refractivity contribution in [3.8, 4) is 0 Å². The normalized spacial score (nSPS) is 28.1. The summed E-state index contributed by atoms with van der Waals surface area (Å²) < 4.78 is 5.25. The molecule has 0 unspecified atom stereocenters. The SMILES string of the molecule is CC1(C)CC(=O)O[C@@H]2C(=O)N(c3ccccc3)C(=O)[C@@H]2C1. The fraction of sp³-hybridized carbons (Fsp3) is 0.438. The molecule has 2 amide bonds. The van der Waals surface area contributed by atoms with Crippen molar-refractivity contribution in [2.75, 3.05) is 4.90 Å². The van der Waals surface area contributed by atoms with Crippen LogP contribution in [0.4, 0.5) is 5.69 Å². The van der Waals surface area contributed by atoms with Crippen molar-refractivity contribution in [3.05, 3.63) is 30.3 Å². The number of rotatable bonds is 1. The van der Waals surface area contributed by atoms with Crippen LogP contribution < -0.4 is 4.90 Å². The van der Waals surface area contributed by atoms with Crippen molar-refractivity contribution in [1.82, 2.24) is 0 Å². The molecule has 21 heavy (non-hydrogen) atoms. The lowest BCUT2D eigenvalue weighted by Crippen LogP contribution is -2.33. The predicted molar refractivity (Wildman–Crippen MR) is 75.3 cm³/mol. The standard InChI is InChI=1S/C16H17NO4/c1-16(2)8-11-13(21-12(18)9-16)15(20)17(14(11)19)10-6-4-3-5-7-10/h3-7,11,13H,8-9H2,1-2H3/t11-,13+/m1/s1. The molecule has 2 heterocycles. The number of hydrogen-bond donors (Lipinski definition) is 0. The van der Waals surface area contributed by atoms with Crippen molar-refractivity contribution >= 4 is 23.5 Å². The van der Waals surface area contributed by atoms with Gasteiger partial charge < -0.3 is 4.74 Å². The van der Waals surface area contributed by atoms with E-state index >= 15 is 0 Å². The Bertz CT molecular complexity index is 608. The Labute approximate surface area is 122 Å². The minimum Gasteiger partial charge on any atom is -0.451 e. The molecule has 2 saturated heterocycles. The van der Waals surface area contributed by atoms with E-state index in [1.807, 2.05) is 19.9 Å². The summed E-state index contributed by atoms with van der Waals surface area (Å²) in [4.78, 5) is 38.1. The summed E-state index contributed by atoms with van der Waals surface area (Å²) in [5.74, 6) is -1.72. The second-order valence-electron chi connectivity index (χ2n) is 6.41. The van der Waals surface area contributed by atoms with Gasteiger partial charge >= 0.3 is 5.97 Å². The quantitative estimate of drug-likeness (QED) is 0.584. The van der Waals surface area contributed by atoms with Gasteiger partial charge in [0.1, 0.15) is 0 Å². The number of nitrogens with zero attached hydrogens (tertiary/aromatic N) is 1. The molecule has 110 valence electrons. The van der Waals surface area contributed by atoms with E-state index in [1.165, 1.54) is 0 Å². The molecule has 0 aliphatic carbocycles. The van der Waals surface area contributed by atoms with Crippen molar-refractivity contribution < 1.29 is 19.1 Å². The number of para-hydroxylation sites is 1. The van der Waals surface area contributed by atoms with E-state index in [-0.39, 0.29) is 17.7 Å². The minimum absolute atomic E-state index is 0.228. The molecular formula is C16H17NO4. The first-order chi connectivity index (χ1) is 9.89. The van der Waals surface area contributed by atoms with Gasteiger partial charge in [-0.1, -0.05) is 32.0 Å². The second kappa shape index (κ2) is 4.69. The van der Waals surface area contributed by atoms with Gasteiger partial charge in [-0.3, -0.25) is 14.4 Å². The van der Waals surface area contributed by atoms with E-state index in [2.05, 4.69) is 0 Å². The second-order valence-corrected chi connectivity index (χ2v) is 6.41. The van der Waals surface area contributed by atoms with Crippen LogP contribution in [0.15, 0.2) is 30.3 Å². The first-order valence-corrected chi connectivity index (χ1v) is 7.01. The van der Waals surface area contributed by atoms with Gasteiger partial charge in [-0.15, -0.1) is 0 Å². The van der Waals surface area contributed by atoms with Crippen molar-refractivity contribution in [3.63, 3.8) is 0 Å². The molecule has 2 fully saturated rings. The predicted octanol–water partition coefficient (Wildman–Crippen LogP) is 1.91. The van der Waals surface area contributed by atoms with Crippen molar-refractivity contribution in [1.29, 1.82) is 0 Å². The molecule has 1 aromatic rings. The summed E-state index contributed by atoms with van der Waals surface area (Å²) >= 11 is 0. The third kappa shape index (κ3) is 2.33. The number of benzene rings is 1. The average molecular weight is 287 g/mol. The van der Waals surface area contributed by atoms with Gasteiger partial charge in [0.15, 0.2) is 6.10 Å². The number of hydrogen-bond acceptors (Lipinski definition) is 4. The smallest absolute Gasteiger partial charge is 0.307 e. The molecule has 2 aliphatic rings.